The van der Waals surface area contributed by atoms with Gasteiger partial charge < -0.3 is 0 Å². The molecule has 1 fully saturated rings. The monoisotopic (exact) mass is 243 g/mol. The number of halogens is 1. The summed E-state index contributed by atoms with van der Waals surface area (Å²) in [5, 5.41) is 0.877. The van der Waals surface area contributed by atoms with E-state index < -0.39 is 0 Å². The van der Waals surface area contributed by atoms with Crippen molar-refractivity contribution in [1.82, 2.24) is 3.53 Å². The SMILES string of the molecule is CC1CC(NI)CS1. The molecule has 0 saturated carbocycles. The number of hydrogen-bond donors (Lipinski definition) is 1. The Bertz CT molecular complexity index is 78.8. The summed E-state index contributed by atoms with van der Waals surface area (Å²) < 4.78 is 3.24. The van der Waals surface area contributed by atoms with Crippen molar-refractivity contribution < 1.29 is 0 Å². The zero-order chi connectivity index (χ0) is 5.98. The fraction of sp³-hybridized carbons (Fsp3) is 1.00. The first-order valence-electron chi connectivity index (χ1n) is 2.80. The molecule has 1 saturated heterocycles. The van der Waals surface area contributed by atoms with Gasteiger partial charge in [0, 0.05) is 39.9 Å². The third-order valence-corrected chi connectivity index (χ3v) is 3.59. The molecule has 0 aromatic heterocycles. The highest BCUT2D eigenvalue weighted by Crippen LogP contribution is 2.26. The minimum Gasteiger partial charge on any atom is -0.257 e. The lowest BCUT2D eigenvalue weighted by Crippen LogP contribution is -2.18. The molecule has 1 rings (SSSR count). The van der Waals surface area contributed by atoms with Crippen LogP contribution in [-0.2, 0) is 0 Å². The highest BCUT2D eigenvalue weighted by atomic mass is 127. The van der Waals surface area contributed by atoms with Crippen molar-refractivity contribution in [3.05, 3.63) is 0 Å². The van der Waals surface area contributed by atoms with E-state index in [4.69, 9.17) is 0 Å². The van der Waals surface area contributed by atoms with Gasteiger partial charge in [0.05, 0.1) is 0 Å². The molecule has 0 aromatic rings. The highest BCUT2D eigenvalue weighted by Gasteiger charge is 2.19. The Kier molecular flexibility index (Phi) is 2.92. The number of nitrogens with one attached hydrogen (secondary N) is 1. The van der Waals surface area contributed by atoms with Gasteiger partial charge in [-0.15, -0.1) is 0 Å². The van der Waals surface area contributed by atoms with E-state index in [-0.39, 0.29) is 0 Å². The van der Waals surface area contributed by atoms with Crippen molar-refractivity contribution in [2.24, 2.45) is 0 Å². The van der Waals surface area contributed by atoms with Crippen molar-refractivity contribution in [2.45, 2.75) is 24.6 Å². The predicted octanol–water partition coefficient (Wildman–Crippen LogP) is 1.82. The lowest BCUT2D eigenvalue weighted by Gasteiger charge is -2.01. The smallest absolute Gasteiger partial charge is 0.0264 e. The molecule has 1 aliphatic rings. The van der Waals surface area contributed by atoms with Crippen molar-refractivity contribution in [3.63, 3.8) is 0 Å². The molecule has 1 N–H and O–H groups in total. The van der Waals surface area contributed by atoms with Gasteiger partial charge in [0.25, 0.3) is 0 Å². The van der Waals surface area contributed by atoms with Crippen molar-refractivity contribution in [2.75, 3.05) is 5.75 Å². The molecular weight excluding hydrogens is 233 g/mol. The van der Waals surface area contributed by atoms with E-state index in [1.165, 1.54) is 12.2 Å². The minimum atomic E-state index is 0.774. The first-order valence-corrected chi connectivity index (χ1v) is 4.93. The fourth-order valence-corrected chi connectivity index (χ4v) is 2.82. The third kappa shape index (κ3) is 1.77. The van der Waals surface area contributed by atoms with Crippen LogP contribution in [0.25, 0.3) is 0 Å². The average Bonchev–Trinajstić information content (AvgIpc) is 2.14. The zero-order valence-electron chi connectivity index (χ0n) is 4.86. The Morgan fingerprint density at radius 3 is 2.75 bits per heavy atom. The quantitative estimate of drug-likeness (QED) is 0.557. The Morgan fingerprint density at radius 1 is 1.75 bits per heavy atom. The second kappa shape index (κ2) is 3.27. The largest absolute Gasteiger partial charge is 0.257 e. The lowest BCUT2D eigenvalue weighted by atomic mass is 10.2. The first-order chi connectivity index (χ1) is 3.83. The molecule has 0 bridgehead atoms. The van der Waals surface area contributed by atoms with Crippen LogP contribution in [0.3, 0.4) is 0 Å². The van der Waals surface area contributed by atoms with Crippen LogP contribution < -0.4 is 3.53 Å². The molecule has 0 aromatic carbocycles. The van der Waals surface area contributed by atoms with Gasteiger partial charge in [0.15, 0.2) is 0 Å². The molecular formula is C5H10INS. The van der Waals surface area contributed by atoms with E-state index >= 15 is 0 Å². The summed E-state index contributed by atoms with van der Waals surface area (Å²) in [5.41, 5.74) is 0. The standard InChI is InChI=1S/C5H10INS/c1-4-2-5(7-6)3-8-4/h4-5,7H,2-3H2,1H3. The van der Waals surface area contributed by atoms with E-state index in [0.29, 0.717) is 0 Å². The van der Waals surface area contributed by atoms with Crippen LogP contribution in [0.15, 0.2) is 0 Å². The molecule has 0 amide bonds. The van der Waals surface area contributed by atoms with Gasteiger partial charge in [-0.05, 0) is 6.42 Å². The second-order valence-electron chi connectivity index (χ2n) is 2.19. The predicted molar refractivity (Wildman–Crippen MR) is 47.5 cm³/mol. The van der Waals surface area contributed by atoms with Crippen LogP contribution >= 0.6 is 34.6 Å². The molecule has 1 heterocycles. The molecule has 0 aliphatic carbocycles. The summed E-state index contributed by atoms with van der Waals surface area (Å²) in [7, 11) is 0. The van der Waals surface area contributed by atoms with E-state index in [2.05, 4.69) is 45.1 Å². The van der Waals surface area contributed by atoms with E-state index in [0.717, 1.165) is 11.3 Å². The lowest BCUT2D eigenvalue weighted by molar-refractivity contribution is 0.680. The van der Waals surface area contributed by atoms with Crippen molar-refractivity contribution in [3.8, 4) is 0 Å². The molecule has 2 atom stereocenters. The second-order valence-corrected chi connectivity index (χ2v) is 4.28. The van der Waals surface area contributed by atoms with Crippen LogP contribution in [0, 0.1) is 0 Å². The maximum atomic E-state index is 3.24. The van der Waals surface area contributed by atoms with Crippen LogP contribution in [-0.4, -0.2) is 17.0 Å². The molecule has 3 heteroatoms. The topological polar surface area (TPSA) is 12.0 Å². The summed E-state index contributed by atoms with van der Waals surface area (Å²) in [4.78, 5) is 0. The van der Waals surface area contributed by atoms with E-state index in [1.54, 1.807) is 0 Å². The van der Waals surface area contributed by atoms with Crippen molar-refractivity contribution in [1.29, 1.82) is 0 Å². The summed E-state index contributed by atoms with van der Waals surface area (Å²) in [6.45, 7) is 2.29. The summed E-state index contributed by atoms with van der Waals surface area (Å²) >= 11 is 4.30. The van der Waals surface area contributed by atoms with Gasteiger partial charge in [-0.1, -0.05) is 6.92 Å². The van der Waals surface area contributed by atoms with Gasteiger partial charge in [-0.2, -0.15) is 11.8 Å². The van der Waals surface area contributed by atoms with Gasteiger partial charge in [0.2, 0.25) is 0 Å². The molecule has 8 heavy (non-hydrogen) atoms. The van der Waals surface area contributed by atoms with E-state index in [1.807, 2.05) is 0 Å². The maximum Gasteiger partial charge on any atom is 0.0264 e. The van der Waals surface area contributed by atoms with Gasteiger partial charge >= 0.3 is 0 Å². The highest BCUT2D eigenvalue weighted by molar-refractivity contribution is 14.1. The zero-order valence-corrected chi connectivity index (χ0v) is 7.83. The van der Waals surface area contributed by atoms with Crippen LogP contribution in [0.1, 0.15) is 13.3 Å². The molecule has 0 spiro atoms. The van der Waals surface area contributed by atoms with Gasteiger partial charge in [-0.25, -0.2) is 0 Å². The Hall–Kier alpha value is 1.04. The maximum absolute atomic E-state index is 3.24. The first kappa shape index (κ1) is 7.15. The fourth-order valence-electron chi connectivity index (χ4n) is 0.893. The molecule has 1 nitrogen and oxygen atoms in total. The molecule has 1 aliphatic heterocycles. The summed E-state index contributed by atoms with van der Waals surface area (Å²) in [5.74, 6) is 1.30. The molecule has 48 valence electrons. The van der Waals surface area contributed by atoms with Crippen LogP contribution in [0.4, 0.5) is 0 Å². The van der Waals surface area contributed by atoms with Gasteiger partial charge in [0.1, 0.15) is 0 Å². The average molecular weight is 243 g/mol. The van der Waals surface area contributed by atoms with E-state index in [9.17, 15) is 0 Å². The number of hydrogen-bond acceptors (Lipinski definition) is 2. The molecule has 2 unspecified atom stereocenters. The minimum absolute atomic E-state index is 0.774. The van der Waals surface area contributed by atoms with Crippen molar-refractivity contribution >= 4 is 34.6 Å². The number of thioether (sulfide) groups is 1. The Balaban J connectivity index is 2.22. The summed E-state index contributed by atoms with van der Waals surface area (Å²) in [6.07, 6.45) is 1.34. The Labute approximate surface area is 68.5 Å². The van der Waals surface area contributed by atoms with Crippen LogP contribution in [0.2, 0.25) is 0 Å². The normalized spacial score (nSPS) is 38.2. The number of rotatable bonds is 1. The Morgan fingerprint density at radius 2 is 2.50 bits per heavy atom. The van der Waals surface area contributed by atoms with Gasteiger partial charge in [-0.3, -0.25) is 3.53 Å². The third-order valence-electron chi connectivity index (χ3n) is 1.35. The summed E-state index contributed by atoms with van der Waals surface area (Å²) in [6, 6.07) is 0.774. The molecule has 0 radical (unpaired) electrons. The van der Waals surface area contributed by atoms with Crippen LogP contribution in [0.5, 0.6) is 0 Å².